The Morgan fingerprint density at radius 1 is 1.35 bits per heavy atom. The largest absolute Gasteiger partial charge is 0.456 e. The van der Waals surface area contributed by atoms with E-state index >= 15 is 0 Å². The zero-order valence-electron chi connectivity index (χ0n) is 12.1. The fraction of sp³-hybridized carbons (Fsp3) is 0.500. The smallest absolute Gasteiger partial charge is 0.185 e. The second-order valence-electron chi connectivity index (χ2n) is 6.05. The number of aldehydes is 1. The van der Waals surface area contributed by atoms with Gasteiger partial charge in [-0.05, 0) is 24.5 Å². The van der Waals surface area contributed by atoms with Gasteiger partial charge in [-0.1, -0.05) is 26.0 Å². The highest BCUT2D eigenvalue weighted by molar-refractivity contribution is 5.70. The predicted octanol–water partition coefficient (Wildman–Crippen LogP) is 1.99. The topological polar surface area (TPSA) is 81.2 Å². The SMILES string of the molecule is CC(C)(C)C(C)(O)c1cn(Cc2ccc(C=O)o2)nn1. The molecule has 0 aromatic carbocycles. The molecule has 0 radical (unpaired) electrons. The van der Waals surface area contributed by atoms with E-state index in [1.54, 1.807) is 29.9 Å². The zero-order chi connectivity index (χ0) is 15.0. The third-order valence-electron chi connectivity index (χ3n) is 3.61. The lowest BCUT2D eigenvalue weighted by molar-refractivity contribution is -0.0507. The van der Waals surface area contributed by atoms with Gasteiger partial charge >= 0.3 is 0 Å². The van der Waals surface area contributed by atoms with Crippen LogP contribution in [0.15, 0.2) is 22.7 Å². The Hall–Kier alpha value is -1.95. The summed E-state index contributed by atoms with van der Waals surface area (Å²) in [6, 6.07) is 3.32. The van der Waals surface area contributed by atoms with Gasteiger partial charge in [-0.2, -0.15) is 0 Å². The van der Waals surface area contributed by atoms with Gasteiger partial charge in [-0.25, -0.2) is 4.68 Å². The van der Waals surface area contributed by atoms with Gasteiger partial charge in [0.15, 0.2) is 12.0 Å². The molecule has 0 saturated carbocycles. The van der Waals surface area contributed by atoms with Crippen LogP contribution in [-0.2, 0) is 12.1 Å². The van der Waals surface area contributed by atoms with E-state index in [0.717, 1.165) is 0 Å². The van der Waals surface area contributed by atoms with Crippen molar-refractivity contribution in [3.05, 3.63) is 35.5 Å². The summed E-state index contributed by atoms with van der Waals surface area (Å²) in [4.78, 5) is 10.6. The van der Waals surface area contributed by atoms with Gasteiger partial charge < -0.3 is 9.52 Å². The van der Waals surface area contributed by atoms with Gasteiger partial charge in [-0.15, -0.1) is 5.10 Å². The fourth-order valence-corrected chi connectivity index (χ4v) is 1.69. The molecular weight excluding hydrogens is 258 g/mol. The first-order chi connectivity index (χ1) is 9.24. The summed E-state index contributed by atoms with van der Waals surface area (Å²) in [5, 5.41) is 18.6. The fourth-order valence-electron chi connectivity index (χ4n) is 1.69. The van der Waals surface area contributed by atoms with Crippen LogP contribution >= 0.6 is 0 Å². The van der Waals surface area contributed by atoms with Crippen LogP contribution in [0.25, 0.3) is 0 Å². The number of aromatic nitrogens is 3. The van der Waals surface area contributed by atoms with Gasteiger partial charge in [0.1, 0.15) is 23.6 Å². The first-order valence-electron chi connectivity index (χ1n) is 6.41. The second kappa shape index (κ2) is 4.86. The Morgan fingerprint density at radius 2 is 2.05 bits per heavy atom. The van der Waals surface area contributed by atoms with Crippen LogP contribution in [0.5, 0.6) is 0 Å². The molecule has 2 rings (SSSR count). The highest BCUT2D eigenvalue weighted by Crippen LogP contribution is 2.37. The number of rotatable bonds is 4. The van der Waals surface area contributed by atoms with Crippen molar-refractivity contribution in [3.8, 4) is 0 Å². The molecule has 0 aliphatic heterocycles. The summed E-state index contributed by atoms with van der Waals surface area (Å²) in [6.07, 6.45) is 2.34. The molecule has 0 aliphatic carbocycles. The molecule has 0 aliphatic rings. The van der Waals surface area contributed by atoms with Crippen molar-refractivity contribution in [1.29, 1.82) is 0 Å². The van der Waals surface area contributed by atoms with Gasteiger partial charge in [0, 0.05) is 0 Å². The lowest BCUT2D eigenvalue weighted by Crippen LogP contribution is -2.37. The molecule has 2 aromatic heterocycles. The maximum atomic E-state index is 10.6. The van der Waals surface area contributed by atoms with Crippen molar-refractivity contribution in [2.75, 3.05) is 0 Å². The van der Waals surface area contributed by atoms with Crippen molar-refractivity contribution >= 4 is 6.29 Å². The van der Waals surface area contributed by atoms with Crippen LogP contribution < -0.4 is 0 Å². The summed E-state index contributed by atoms with van der Waals surface area (Å²) < 4.78 is 6.85. The van der Waals surface area contributed by atoms with Crippen LogP contribution in [0.3, 0.4) is 0 Å². The molecule has 1 atom stereocenters. The third kappa shape index (κ3) is 2.65. The van der Waals surface area contributed by atoms with E-state index in [9.17, 15) is 9.90 Å². The standard InChI is InChI=1S/C14H19N3O3/c1-13(2,3)14(4,19)12-8-17(16-15-12)7-10-5-6-11(9-18)20-10/h5-6,8-9,19H,7H2,1-4H3. The summed E-state index contributed by atoms with van der Waals surface area (Å²) in [6.45, 7) is 7.90. The predicted molar refractivity (Wildman–Crippen MR) is 72.2 cm³/mol. The average Bonchev–Trinajstić information content (AvgIpc) is 2.97. The number of aliphatic hydroxyl groups is 1. The minimum absolute atomic E-state index is 0.280. The van der Waals surface area contributed by atoms with Crippen molar-refractivity contribution < 1.29 is 14.3 Å². The number of furan rings is 1. The van der Waals surface area contributed by atoms with E-state index in [2.05, 4.69) is 10.3 Å². The van der Waals surface area contributed by atoms with E-state index in [4.69, 9.17) is 4.42 Å². The molecule has 1 unspecified atom stereocenters. The second-order valence-corrected chi connectivity index (χ2v) is 6.05. The van der Waals surface area contributed by atoms with Crippen LogP contribution in [0.2, 0.25) is 0 Å². The van der Waals surface area contributed by atoms with Crippen molar-refractivity contribution in [2.24, 2.45) is 5.41 Å². The molecule has 6 heteroatoms. The summed E-state index contributed by atoms with van der Waals surface area (Å²) in [7, 11) is 0. The number of hydrogen-bond acceptors (Lipinski definition) is 5. The molecule has 2 heterocycles. The van der Waals surface area contributed by atoms with Crippen molar-refractivity contribution in [1.82, 2.24) is 15.0 Å². The monoisotopic (exact) mass is 277 g/mol. The van der Waals surface area contributed by atoms with Crippen LogP contribution in [-0.4, -0.2) is 26.4 Å². The molecule has 0 bridgehead atoms. The van der Waals surface area contributed by atoms with Gasteiger partial charge in [0.25, 0.3) is 0 Å². The lowest BCUT2D eigenvalue weighted by Gasteiger charge is -2.35. The molecule has 20 heavy (non-hydrogen) atoms. The maximum absolute atomic E-state index is 10.6. The molecular formula is C14H19N3O3. The van der Waals surface area contributed by atoms with Gasteiger partial charge in [-0.3, -0.25) is 4.79 Å². The highest BCUT2D eigenvalue weighted by atomic mass is 16.3. The first kappa shape index (κ1) is 14.5. The Bertz CT molecular complexity index is 605. The van der Waals surface area contributed by atoms with Crippen LogP contribution in [0, 0.1) is 5.41 Å². The lowest BCUT2D eigenvalue weighted by atomic mass is 9.76. The van der Waals surface area contributed by atoms with Gasteiger partial charge in [0.05, 0.1) is 6.20 Å². The number of nitrogens with zero attached hydrogens (tertiary/aromatic N) is 3. The van der Waals surface area contributed by atoms with E-state index in [1.807, 2.05) is 20.8 Å². The molecule has 0 amide bonds. The molecule has 0 spiro atoms. The molecule has 0 fully saturated rings. The van der Waals surface area contributed by atoms with Crippen LogP contribution in [0.4, 0.5) is 0 Å². The Balaban J connectivity index is 2.19. The minimum atomic E-state index is -1.08. The zero-order valence-corrected chi connectivity index (χ0v) is 12.1. The molecule has 108 valence electrons. The van der Waals surface area contributed by atoms with Crippen molar-refractivity contribution in [3.63, 3.8) is 0 Å². The number of carbonyl (C=O) groups excluding carboxylic acids is 1. The molecule has 2 aromatic rings. The van der Waals surface area contributed by atoms with E-state index in [-0.39, 0.29) is 11.2 Å². The minimum Gasteiger partial charge on any atom is -0.456 e. The van der Waals surface area contributed by atoms with Crippen molar-refractivity contribution in [2.45, 2.75) is 39.8 Å². The number of carbonyl (C=O) groups is 1. The Labute approximate surface area is 117 Å². The Kier molecular flexibility index (Phi) is 3.52. The van der Waals surface area contributed by atoms with E-state index in [0.29, 0.717) is 24.3 Å². The molecule has 1 N–H and O–H groups in total. The highest BCUT2D eigenvalue weighted by Gasteiger charge is 2.39. The summed E-state index contributed by atoms with van der Waals surface area (Å²) in [5.41, 5.74) is -0.932. The Morgan fingerprint density at radius 3 is 2.60 bits per heavy atom. The van der Waals surface area contributed by atoms with Crippen LogP contribution in [0.1, 0.15) is 49.7 Å². The van der Waals surface area contributed by atoms with Gasteiger partial charge in [0.2, 0.25) is 0 Å². The first-order valence-corrected chi connectivity index (χ1v) is 6.41. The third-order valence-corrected chi connectivity index (χ3v) is 3.61. The van der Waals surface area contributed by atoms with E-state index in [1.165, 1.54) is 0 Å². The summed E-state index contributed by atoms with van der Waals surface area (Å²) in [5.74, 6) is 0.890. The average molecular weight is 277 g/mol. The quantitative estimate of drug-likeness (QED) is 0.864. The molecule has 6 nitrogen and oxygen atoms in total. The maximum Gasteiger partial charge on any atom is 0.185 e. The summed E-state index contributed by atoms with van der Waals surface area (Å²) >= 11 is 0. The molecule has 0 saturated heterocycles. The van der Waals surface area contributed by atoms with E-state index < -0.39 is 5.60 Å². The number of hydrogen-bond donors (Lipinski definition) is 1. The normalized spacial score (nSPS) is 15.1.